The van der Waals surface area contributed by atoms with Gasteiger partial charge in [-0.3, -0.25) is 0 Å². The van der Waals surface area contributed by atoms with Crippen LogP contribution in [0.2, 0.25) is 0 Å². The molecule has 21 heavy (non-hydrogen) atoms. The number of rotatable bonds is 0. The summed E-state index contributed by atoms with van der Waals surface area (Å²) in [5.74, 6) is 0. The Bertz CT molecular complexity index is 169. The molecule has 0 spiro atoms. The Morgan fingerprint density at radius 3 is 1.19 bits per heavy atom. The summed E-state index contributed by atoms with van der Waals surface area (Å²) >= 11 is 0. The topological polar surface area (TPSA) is 108 Å². The lowest BCUT2D eigenvalue weighted by Gasteiger charge is -1.91. The van der Waals surface area contributed by atoms with Crippen LogP contribution in [0.15, 0.2) is 12.8 Å². The predicted octanol–water partition coefficient (Wildman–Crippen LogP) is 2.61. The van der Waals surface area contributed by atoms with Gasteiger partial charge in [0.25, 0.3) is 0 Å². The third-order valence-corrected chi connectivity index (χ3v) is 2.91. The van der Waals surface area contributed by atoms with E-state index in [0.29, 0.717) is 0 Å². The Balaban J connectivity index is 0. The van der Waals surface area contributed by atoms with Crippen LogP contribution in [0, 0.1) is 0 Å². The first kappa shape index (κ1) is 22.0. The maximum absolute atomic E-state index is 8.56. The van der Waals surface area contributed by atoms with E-state index in [0.717, 1.165) is 0 Å². The highest BCUT2D eigenvalue weighted by atomic mass is 16.6. The largest absolute Gasteiger partial charge is 0.503 e. The van der Waals surface area contributed by atoms with Crippen molar-refractivity contribution < 1.29 is 15.0 Å². The summed E-state index contributed by atoms with van der Waals surface area (Å²) in [7, 11) is 0. The van der Waals surface area contributed by atoms with Gasteiger partial charge in [-0.25, -0.2) is 4.79 Å². The van der Waals surface area contributed by atoms with Crippen molar-refractivity contribution in [3.8, 4) is 0 Å². The lowest BCUT2D eigenvalue weighted by atomic mass is 10.2. The van der Waals surface area contributed by atoms with E-state index < -0.39 is 6.16 Å². The van der Waals surface area contributed by atoms with Crippen LogP contribution in [0.1, 0.15) is 51.4 Å². The minimum atomic E-state index is -1.83. The van der Waals surface area contributed by atoms with Crippen molar-refractivity contribution in [3.63, 3.8) is 0 Å². The van der Waals surface area contributed by atoms with Gasteiger partial charge in [-0.15, -0.1) is 0 Å². The molecule has 0 bridgehead atoms. The first-order chi connectivity index (χ1) is 10.1. The highest BCUT2D eigenvalue weighted by Gasteiger charge is 1.94. The maximum Gasteiger partial charge on any atom is 0.503 e. The molecule has 0 atom stereocenters. The third-order valence-electron chi connectivity index (χ3n) is 2.91. The molecule has 6 nitrogen and oxygen atoms in total. The second kappa shape index (κ2) is 21.0. The molecule has 0 amide bonds. The molecule has 0 aromatic carbocycles. The molecule has 2 rings (SSSR count). The van der Waals surface area contributed by atoms with Crippen LogP contribution in [0.5, 0.6) is 0 Å². The van der Waals surface area contributed by atoms with Crippen LogP contribution in [-0.4, -0.2) is 42.5 Å². The lowest BCUT2D eigenvalue weighted by Crippen LogP contribution is -2.12. The molecule has 0 unspecified atom stereocenters. The lowest BCUT2D eigenvalue weighted by molar-refractivity contribution is 0.137. The minimum Gasteiger partial charge on any atom is -0.450 e. The summed E-state index contributed by atoms with van der Waals surface area (Å²) in [6, 6.07) is 0. The zero-order valence-corrected chi connectivity index (χ0v) is 13.1. The van der Waals surface area contributed by atoms with Crippen molar-refractivity contribution in [2.75, 3.05) is 26.2 Å². The molecular formula is C15H33N3O3. The van der Waals surface area contributed by atoms with Gasteiger partial charge in [0.15, 0.2) is 0 Å². The maximum atomic E-state index is 8.56. The number of nitrogens with two attached hydrogens (primary N) is 1. The van der Waals surface area contributed by atoms with Crippen LogP contribution < -0.4 is 16.4 Å². The molecule has 2 aliphatic rings. The van der Waals surface area contributed by atoms with E-state index in [1.807, 2.05) is 0 Å². The highest BCUT2D eigenvalue weighted by molar-refractivity contribution is 5.53. The molecule has 0 aliphatic carbocycles. The average molecular weight is 303 g/mol. The zero-order valence-electron chi connectivity index (χ0n) is 13.1. The molecule has 0 radical (unpaired) electrons. The van der Waals surface area contributed by atoms with Gasteiger partial charge < -0.3 is 26.6 Å². The van der Waals surface area contributed by atoms with Gasteiger partial charge in [0, 0.05) is 0 Å². The highest BCUT2D eigenvalue weighted by Crippen LogP contribution is 2.01. The third kappa shape index (κ3) is 32.3. The first-order valence-corrected chi connectivity index (χ1v) is 7.81. The van der Waals surface area contributed by atoms with Crippen LogP contribution >= 0.6 is 0 Å². The molecule has 126 valence electrons. The number of nitrogens with one attached hydrogen (secondary N) is 2. The number of carbonyl (C=O) groups is 1. The van der Waals surface area contributed by atoms with Crippen molar-refractivity contribution in [3.05, 3.63) is 12.8 Å². The van der Waals surface area contributed by atoms with Crippen LogP contribution in [0.25, 0.3) is 0 Å². The molecule has 6 N–H and O–H groups in total. The Kier molecular flexibility index (Phi) is 22.1. The van der Waals surface area contributed by atoms with Crippen LogP contribution in [0.3, 0.4) is 0 Å². The van der Waals surface area contributed by atoms with Crippen molar-refractivity contribution in [2.45, 2.75) is 51.4 Å². The van der Waals surface area contributed by atoms with Gasteiger partial charge >= 0.3 is 6.16 Å². The summed E-state index contributed by atoms with van der Waals surface area (Å²) in [6.45, 7) is 8.14. The summed E-state index contributed by atoms with van der Waals surface area (Å²) in [4.78, 5) is 8.56. The molecule has 6 heteroatoms. The molecule has 2 fully saturated rings. The normalized spacial score (nSPS) is 17.7. The van der Waals surface area contributed by atoms with E-state index in [4.69, 9.17) is 15.0 Å². The summed E-state index contributed by atoms with van der Waals surface area (Å²) in [5, 5.41) is 20.6. The summed E-state index contributed by atoms with van der Waals surface area (Å²) < 4.78 is 0. The second-order valence-electron chi connectivity index (χ2n) is 4.85. The van der Waals surface area contributed by atoms with Crippen molar-refractivity contribution in [2.24, 2.45) is 5.73 Å². The number of hydrogen-bond acceptors (Lipinski definition) is 4. The smallest absolute Gasteiger partial charge is 0.450 e. The molecule has 2 saturated heterocycles. The fraction of sp³-hybridized carbons (Fsp3) is 0.800. The fourth-order valence-electron chi connectivity index (χ4n) is 1.96. The predicted molar refractivity (Wildman–Crippen MR) is 87.7 cm³/mol. The van der Waals surface area contributed by atoms with Crippen molar-refractivity contribution in [1.82, 2.24) is 10.6 Å². The molecule has 0 aromatic rings. The Hall–Kier alpha value is -1.27. The van der Waals surface area contributed by atoms with Crippen LogP contribution in [0.4, 0.5) is 4.79 Å². The SMILES string of the molecule is C1CCCNCC1.C1CCCNCC1.C=CN.O=C(O)O. The van der Waals surface area contributed by atoms with Gasteiger partial charge in [0.2, 0.25) is 0 Å². The standard InChI is InChI=1S/2C6H13N.C2H5N.CH2O3/c2*1-2-4-6-7-5-3-1;1-2-3;2-1(3)4/h2*7H,1-6H2;2H,1,3H2;(H2,2,3,4). The molecular weight excluding hydrogens is 270 g/mol. The van der Waals surface area contributed by atoms with Crippen LogP contribution in [-0.2, 0) is 0 Å². The van der Waals surface area contributed by atoms with Crippen molar-refractivity contribution >= 4 is 6.16 Å². The Labute approximate surface area is 128 Å². The average Bonchev–Trinajstić information content (AvgIpc) is 2.89. The monoisotopic (exact) mass is 303 g/mol. The molecule has 2 heterocycles. The minimum absolute atomic E-state index is 1.25. The van der Waals surface area contributed by atoms with Gasteiger partial charge in [-0.05, 0) is 58.1 Å². The van der Waals surface area contributed by atoms with Gasteiger partial charge in [-0.1, -0.05) is 32.3 Å². The second-order valence-corrected chi connectivity index (χ2v) is 4.85. The summed E-state index contributed by atoms with van der Waals surface area (Å²) in [6.07, 6.45) is 10.7. The Morgan fingerprint density at radius 1 is 0.810 bits per heavy atom. The number of hydrogen-bond donors (Lipinski definition) is 5. The first-order valence-electron chi connectivity index (χ1n) is 7.81. The summed E-state index contributed by atoms with van der Waals surface area (Å²) in [5.41, 5.74) is 4.61. The Morgan fingerprint density at radius 2 is 1.00 bits per heavy atom. The fourth-order valence-corrected chi connectivity index (χ4v) is 1.96. The molecule has 2 aliphatic heterocycles. The van der Waals surface area contributed by atoms with Gasteiger partial charge in [0.05, 0.1) is 0 Å². The van der Waals surface area contributed by atoms with E-state index in [2.05, 4.69) is 22.9 Å². The van der Waals surface area contributed by atoms with E-state index in [1.165, 1.54) is 83.7 Å². The van der Waals surface area contributed by atoms with E-state index in [-0.39, 0.29) is 0 Å². The van der Waals surface area contributed by atoms with Crippen molar-refractivity contribution in [1.29, 1.82) is 0 Å². The number of carboxylic acid groups (broad SMARTS) is 2. The van der Waals surface area contributed by atoms with Gasteiger partial charge in [0.1, 0.15) is 0 Å². The van der Waals surface area contributed by atoms with E-state index in [1.54, 1.807) is 0 Å². The van der Waals surface area contributed by atoms with Gasteiger partial charge in [-0.2, -0.15) is 0 Å². The zero-order chi connectivity index (χ0) is 16.2. The van der Waals surface area contributed by atoms with E-state index >= 15 is 0 Å². The molecule has 0 saturated carbocycles. The van der Waals surface area contributed by atoms with E-state index in [9.17, 15) is 0 Å². The quantitative estimate of drug-likeness (QED) is 0.471. The molecule has 0 aromatic heterocycles.